The summed E-state index contributed by atoms with van der Waals surface area (Å²) in [5.41, 5.74) is 6.06. The van der Waals surface area contributed by atoms with Crippen molar-refractivity contribution in [2.75, 3.05) is 0 Å². The largest absolute Gasteiger partial charge is 0.464 e. The number of benzene rings is 1. The van der Waals surface area contributed by atoms with Crippen LogP contribution in [0.5, 0.6) is 0 Å². The molecule has 0 fully saturated rings. The zero-order chi connectivity index (χ0) is 11.5. The van der Waals surface area contributed by atoms with Gasteiger partial charge in [0.25, 0.3) is 0 Å². The van der Waals surface area contributed by atoms with Crippen LogP contribution < -0.4 is 5.73 Å². The van der Waals surface area contributed by atoms with E-state index in [9.17, 15) is 8.78 Å². The van der Waals surface area contributed by atoms with Crippen LogP contribution in [0.2, 0.25) is 0 Å². The molecule has 1 aromatic carbocycles. The van der Waals surface area contributed by atoms with E-state index in [2.05, 4.69) is 0 Å². The molecule has 0 saturated carbocycles. The van der Waals surface area contributed by atoms with Crippen molar-refractivity contribution in [2.24, 2.45) is 5.73 Å². The number of hydrogen-bond acceptors (Lipinski definition) is 2. The van der Waals surface area contributed by atoms with E-state index in [1.807, 2.05) is 0 Å². The number of furan rings is 1. The molecule has 0 saturated heterocycles. The third kappa shape index (κ3) is 2.28. The molecule has 0 atom stereocenters. The van der Waals surface area contributed by atoms with Gasteiger partial charge in [-0.15, -0.1) is 0 Å². The summed E-state index contributed by atoms with van der Waals surface area (Å²) in [5, 5.41) is 0. The second kappa shape index (κ2) is 4.45. The number of halogens is 2. The fourth-order valence-corrected chi connectivity index (χ4v) is 1.48. The Labute approximate surface area is 91.7 Å². The van der Waals surface area contributed by atoms with Gasteiger partial charge in [-0.05, 0) is 29.8 Å². The molecule has 2 nitrogen and oxygen atoms in total. The predicted molar refractivity (Wildman–Crippen MR) is 55.8 cm³/mol. The summed E-state index contributed by atoms with van der Waals surface area (Å²) in [7, 11) is 0. The van der Waals surface area contributed by atoms with E-state index in [0.717, 1.165) is 6.07 Å². The molecule has 0 aliphatic carbocycles. The van der Waals surface area contributed by atoms with Crippen LogP contribution in [0.25, 0.3) is 0 Å². The first kappa shape index (κ1) is 10.8. The maximum Gasteiger partial charge on any atom is 0.159 e. The SMILES string of the molecule is NCc1ccc(Cc2ccc(F)c(F)c2)o1. The fraction of sp³-hybridized carbons (Fsp3) is 0.167. The number of hydrogen-bond donors (Lipinski definition) is 1. The van der Waals surface area contributed by atoms with E-state index in [0.29, 0.717) is 30.0 Å². The Morgan fingerprint density at radius 2 is 1.75 bits per heavy atom. The molecule has 1 heterocycles. The molecule has 0 aliphatic rings. The zero-order valence-electron chi connectivity index (χ0n) is 8.54. The van der Waals surface area contributed by atoms with Crippen molar-refractivity contribution in [3.8, 4) is 0 Å². The van der Waals surface area contributed by atoms with Crippen LogP contribution in [0.15, 0.2) is 34.7 Å². The minimum atomic E-state index is -0.844. The van der Waals surface area contributed by atoms with Crippen molar-refractivity contribution in [1.82, 2.24) is 0 Å². The van der Waals surface area contributed by atoms with Gasteiger partial charge in [-0.1, -0.05) is 6.07 Å². The van der Waals surface area contributed by atoms with E-state index in [1.54, 1.807) is 12.1 Å². The van der Waals surface area contributed by atoms with Crippen molar-refractivity contribution < 1.29 is 13.2 Å². The number of nitrogens with two attached hydrogens (primary N) is 1. The molecule has 0 bridgehead atoms. The lowest BCUT2D eigenvalue weighted by atomic mass is 10.1. The average Bonchev–Trinajstić information content (AvgIpc) is 2.71. The van der Waals surface area contributed by atoms with Gasteiger partial charge >= 0.3 is 0 Å². The smallest absolute Gasteiger partial charge is 0.159 e. The summed E-state index contributed by atoms with van der Waals surface area (Å²) in [6, 6.07) is 7.36. The minimum Gasteiger partial charge on any atom is -0.464 e. The van der Waals surface area contributed by atoms with Crippen molar-refractivity contribution in [3.63, 3.8) is 0 Å². The van der Waals surface area contributed by atoms with Gasteiger partial charge in [-0.2, -0.15) is 0 Å². The first-order valence-corrected chi connectivity index (χ1v) is 4.90. The summed E-state index contributed by atoms with van der Waals surface area (Å²) < 4.78 is 31.0. The van der Waals surface area contributed by atoms with Crippen LogP contribution in [0.1, 0.15) is 17.1 Å². The highest BCUT2D eigenvalue weighted by Crippen LogP contribution is 2.15. The molecule has 0 amide bonds. The molecule has 4 heteroatoms. The van der Waals surface area contributed by atoms with Gasteiger partial charge in [0, 0.05) is 6.42 Å². The van der Waals surface area contributed by atoms with Gasteiger partial charge in [-0.3, -0.25) is 0 Å². The third-order valence-corrected chi connectivity index (χ3v) is 2.28. The molecule has 2 rings (SSSR count). The highest BCUT2D eigenvalue weighted by Gasteiger charge is 2.05. The first-order chi connectivity index (χ1) is 7.69. The number of rotatable bonds is 3. The molecule has 84 valence electrons. The predicted octanol–water partition coefficient (Wildman–Crippen LogP) is 2.61. The third-order valence-electron chi connectivity index (χ3n) is 2.28. The molecule has 0 unspecified atom stereocenters. The Hall–Kier alpha value is -1.68. The quantitative estimate of drug-likeness (QED) is 0.868. The molecule has 0 aliphatic heterocycles. The molecule has 2 N–H and O–H groups in total. The zero-order valence-corrected chi connectivity index (χ0v) is 8.54. The normalized spacial score (nSPS) is 10.7. The van der Waals surface area contributed by atoms with Gasteiger partial charge in [0.1, 0.15) is 11.5 Å². The fourth-order valence-electron chi connectivity index (χ4n) is 1.48. The molecular formula is C12H11F2NO. The first-order valence-electron chi connectivity index (χ1n) is 4.90. The van der Waals surface area contributed by atoms with Crippen LogP contribution in [-0.4, -0.2) is 0 Å². The van der Waals surface area contributed by atoms with E-state index in [4.69, 9.17) is 10.2 Å². The second-order valence-electron chi connectivity index (χ2n) is 3.50. The van der Waals surface area contributed by atoms with Gasteiger partial charge in [0.15, 0.2) is 11.6 Å². The van der Waals surface area contributed by atoms with E-state index < -0.39 is 11.6 Å². The maximum absolute atomic E-state index is 12.9. The molecule has 0 spiro atoms. The van der Waals surface area contributed by atoms with Gasteiger partial charge in [-0.25, -0.2) is 8.78 Å². The van der Waals surface area contributed by atoms with Crippen molar-refractivity contribution >= 4 is 0 Å². The molecule has 2 aromatic rings. The Morgan fingerprint density at radius 1 is 1.00 bits per heavy atom. The minimum absolute atomic E-state index is 0.331. The lowest BCUT2D eigenvalue weighted by molar-refractivity contribution is 0.473. The van der Waals surface area contributed by atoms with Gasteiger partial charge in [0.05, 0.1) is 6.54 Å². The summed E-state index contributed by atoms with van der Waals surface area (Å²) in [6.07, 6.45) is 0.428. The van der Waals surface area contributed by atoms with Crippen LogP contribution in [0.3, 0.4) is 0 Å². The van der Waals surface area contributed by atoms with Crippen LogP contribution in [0, 0.1) is 11.6 Å². The average molecular weight is 223 g/mol. The van der Waals surface area contributed by atoms with E-state index >= 15 is 0 Å². The lowest BCUT2D eigenvalue weighted by Gasteiger charge is -1.99. The molecule has 0 radical (unpaired) electrons. The van der Waals surface area contributed by atoms with Crippen molar-refractivity contribution in [3.05, 3.63) is 59.1 Å². The van der Waals surface area contributed by atoms with Crippen molar-refractivity contribution in [1.29, 1.82) is 0 Å². The van der Waals surface area contributed by atoms with E-state index in [1.165, 1.54) is 12.1 Å². The van der Waals surface area contributed by atoms with Crippen LogP contribution in [0.4, 0.5) is 8.78 Å². The highest BCUT2D eigenvalue weighted by atomic mass is 19.2. The lowest BCUT2D eigenvalue weighted by Crippen LogP contribution is -1.93. The topological polar surface area (TPSA) is 39.2 Å². The summed E-state index contributed by atoms with van der Waals surface area (Å²) in [4.78, 5) is 0. The standard InChI is InChI=1S/C12H11F2NO/c13-11-4-1-8(6-12(11)14)5-9-2-3-10(7-15)16-9/h1-4,6H,5,7,15H2. The van der Waals surface area contributed by atoms with Gasteiger partial charge in [0.2, 0.25) is 0 Å². The van der Waals surface area contributed by atoms with Crippen LogP contribution in [-0.2, 0) is 13.0 Å². The van der Waals surface area contributed by atoms with Crippen LogP contribution >= 0.6 is 0 Å². The summed E-state index contributed by atoms with van der Waals surface area (Å²) in [5.74, 6) is -0.321. The Morgan fingerprint density at radius 3 is 2.38 bits per heavy atom. The molecule has 16 heavy (non-hydrogen) atoms. The van der Waals surface area contributed by atoms with Gasteiger partial charge < -0.3 is 10.2 Å². The Balaban J connectivity index is 2.17. The summed E-state index contributed by atoms with van der Waals surface area (Å²) >= 11 is 0. The summed E-state index contributed by atoms with van der Waals surface area (Å²) in [6.45, 7) is 0.331. The monoisotopic (exact) mass is 223 g/mol. The molecule has 1 aromatic heterocycles. The maximum atomic E-state index is 12.9. The molecular weight excluding hydrogens is 212 g/mol. The Kier molecular flexibility index (Phi) is 3.01. The highest BCUT2D eigenvalue weighted by molar-refractivity contribution is 5.23. The second-order valence-corrected chi connectivity index (χ2v) is 3.50. The Bertz CT molecular complexity index is 494. The van der Waals surface area contributed by atoms with E-state index in [-0.39, 0.29) is 0 Å². The van der Waals surface area contributed by atoms with Crippen molar-refractivity contribution in [2.45, 2.75) is 13.0 Å².